The molecule has 1 heterocycles. The number of nitrogens with two attached hydrogens (primary N) is 1. The Labute approximate surface area is 89.5 Å². The minimum absolute atomic E-state index is 0.0197. The Hall–Kier alpha value is -0.610. The highest BCUT2D eigenvalue weighted by Crippen LogP contribution is 2.74. The Morgan fingerprint density at radius 3 is 2.80 bits per heavy atom. The fourth-order valence-electron chi connectivity index (χ4n) is 4.37. The predicted octanol–water partition coefficient (Wildman–Crippen LogP) is 0.572. The lowest BCUT2D eigenvalue weighted by Gasteiger charge is -2.39. The van der Waals surface area contributed by atoms with Crippen LogP contribution in [0.4, 0.5) is 0 Å². The molecule has 3 N–H and O–H groups in total. The number of carbonyl (C=O) groups excluding carboxylic acids is 1. The van der Waals surface area contributed by atoms with E-state index < -0.39 is 5.60 Å². The van der Waals surface area contributed by atoms with Crippen LogP contribution in [0.25, 0.3) is 0 Å². The first-order valence-corrected chi connectivity index (χ1v) is 5.65. The molecule has 4 heteroatoms. The molecule has 0 aromatic rings. The maximum Gasteiger partial charge on any atom is 0.266 e. The Balaban J connectivity index is 2.12. The molecule has 0 unspecified atom stereocenters. The summed E-state index contributed by atoms with van der Waals surface area (Å²) in [5, 5.41) is 0. The van der Waals surface area contributed by atoms with Gasteiger partial charge in [0.2, 0.25) is 0 Å². The van der Waals surface area contributed by atoms with Gasteiger partial charge in [-0.15, -0.1) is 0 Å². The molecule has 2 aliphatic carbocycles. The lowest BCUT2D eigenvalue weighted by Crippen LogP contribution is -2.56. The van der Waals surface area contributed by atoms with Gasteiger partial charge in [-0.3, -0.25) is 10.2 Å². The third-order valence-corrected chi connectivity index (χ3v) is 5.70. The summed E-state index contributed by atoms with van der Waals surface area (Å²) in [7, 11) is 0. The Bertz CT molecular complexity index is 345. The van der Waals surface area contributed by atoms with Crippen LogP contribution in [0, 0.1) is 16.7 Å². The highest BCUT2D eigenvalue weighted by molar-refractivity contribution is 5.87. The largest absolute Gasteiger partial charge is 0.364 e. The van der Waals surface area contributed by atoms with Crippen LogP contribution in [0.3, 0.4) is 0 Å². The van der Waals surface area contributed by atoms with Crippen molar-refractivity contribution in [3.8, 4) is 0 Å². The minimum Gasteiger partial charge on any atom is -0.364 e. The number of hydrazine groups is 1. The lowest BCUT2D eigenvalue weighted by atomic mass is 9.66. The zero-order chi connectivity index (χ0) is 10.9. The van der Waals surface area contributed by atoms with Gasteiger partial charge in [-0.1, -0.05) is 13.8 Å². The molecule has 2 saturated carbocycles. The number of amides is 1. The third kappa shape index (κ3) is 0.712. The summed E-state index contributed by atoms with van der Waals surface area (Å²) in [5.74, 6) is 5.79. The number of carbonyl (C=O) groups is 1. The van der Waals surface area contributed by atoms with Crippen LogP contribution in [0.2, 0.25) is 0 Å². The molecule has 0 aromatic heterocycles. The molecule has 3 fully saturated rings. The molecule has 0 aromatic carbocycles. The lowest BCUT2D eigenvalue weighted by molar-refractivity contribution is -0.155. The van der Waals surface area contributed by atoms with Gasteiger partial charge in [-0.2, -0.15) is 0 Å². The molecular weight excluding hydrogens is 192 g/mol. The van der Waals surface area contributed by atoms with Crippen LogP contribution in [0.15, 0.2) is 0 Å². The Morgan fingerprint density at radius 1 is 1.53 bits per heavy atom. The van der Waals surface area contributed by atoms with Gasteiger partial charge in [0, 0.05) is 10.8 Å². The fraction of sp³-hybridized carbons (Fsp3) is 0.909. The van der Waals surface area contributed by atoms with E-state index in [4.69, 9.17) is 10.6 Å². The van der Waals surface area contributed by atoms with Crippen molar-refractivity contribution in [2.24, 2.45) is 22.6 Å². The van der Waals surface area contributed by atoms with Gasteiger partial charge in [0.05, 0.1) is 6.61 Å². The number of hydrogen-bond acceptors (Lipinski definition) is 3. The van der Waals surface area contributed by atoms with Gasteiger partial charge in [0.1, 0.15) is 0 Å². The quantitative estimate of drug-likeness (QED) is 0.378. The molecule has 4 nitrogen and oxygen atoms in total. The molecule has 0 spiro atoms. The van der Waals surface area contributed by atoms with Crippen molar-refractivity contribution in [3.63, 3.8) is 0 Å². The normalized spacial score (nSPS) is 56.1. The maximum atomic E-state index is 12.0. The molecule has 4 atom stereocenters. The molecule has 3 aliphatic rings. The average Bonchev–Trinajstić information content (AvgIpc) is 2.70. The number of rotatable bonds is 1. The highest BCUT2D eigenvalue weighted by atomic mass is 16.5. The molecule has 84 valence electrons. The van der Waals surface area contributed by atoms with Crippen molar-refractivity contribution in [1.82, 2.24) is 5.43 Å². The third-order valence-electron chi connectivity index (χ3n) is 5.70. The molecular formula is C11H18N2O2. The number of hydrogen-bond donors (Lipinski definition) is 2. The summed E-state index contributed by atoms with van der Waals surface area (Å²) in [4.78, 5) is 12.0. The van der Waals surface area contributed by atoms with Crippen molar-refractivity contribution < 1.29 is 9.53 Å². The summed E-state index contributed by atoms with van der Waals surface area (Å²) in [6, 6.07) is 0. The van der Waals surface area contributed by atoms with Gasteiger partial charge in [0.15, 0.2) is 5.60 Å². The van der Waals surface area contributed by atoms with E-state index in [1.54, 1.807) is 0 Å². The maximum absolute atomic E-state index is 12.0. The first-order chi connectivity index (χ1) is 7.00. The van der Waals surface area contributed by atoms with E-state index in [2.05, 4.69) is 19.3 Å². The number of ether oxygens (including phenoxy) is 1. The van der Waals surface area contributed by atoms with Crippen molar-refractivity contribution in [3.05, 3.63) is 0 Å². The summed E-state index contributed by atoms with van der Waals surface area (Å²) < 4.78 is 5.84. The van der Waals surface area contributed by atoms with Crippen LogP contribution in [-0.4, -0.2) is 18.1 Å². The van der Waals surface area contributed by atoms with Crippen LogP contribution in [-0.2, 0) is 9.53 Å². The Kier molecular flexibility index (Phi) is 1.52. The van der Waals surface area contributed by atoms with E-state index in [-0.39, 0.29) is 16.7 Å². The average molecular weight is 210 g/mol. The first kappa shape index (κ1) is 9.60. The zero-order valence-electron chi connectivity index (χ0n) is 9.30. The van der Waals surface area contributed by atoms with Crippen LogP contribution in [0.5, 0.6) is 0 Å². The smallest absolute Gasteiger partial charge is 0.266 e. The fourth-order valence-corrected chi connectivity index (χ4v) is 4.37. The molecule has 1 amide bonds. The second-order valence-electron chi connectivity index (χ2n) is 5.78. The molecule has 15 heavy (non-hydrogen) atoms. The van der Waals surface area contributed by atoms with Crippen molar-refractivity contribution in [2.75, 3.05) is 6.61 Å². The standard InChI is InChI=1S/C11H18N2O2/c1-9-6-15-11(8(14)13-12)5-7(9)3-4-10(9,11)2/h7H,3-6,12H2,1-2H3,(H,13,14)/t7-,9+,10-,11+/m1/s1. The summed E-state index contributed by atoms with van der Waals surface area (Å²) in [5.41, 5.74) is 1.81. The van der Waals surface area contributed by atoms with E-state index in [1.165, 1.54) is 6.42 Å². The van der Waals surface area contributed by atoms with E-state index in [9.17, 15) is 4.79 Å². The van der Waals surface area contributed by atoms with E-state index >= 15 is 0 Å². The van der Waals surface area contributed by atoms with Gasteiger partial charge in [-0.25, -0.2) is 5.84 Å². The van der Waals surface area contributed by atoms with E-state index in [0.717, 1.165) is 12.8 Å². The second-order valence-corrected chi connectivity index (χ2v) is 5.78. The van der Waals surface area contributed by atoms with Crippen LogP contribution >= 0.6 is 0 Å². The second kappa shape index (κ2) is 2.38. The van der Waals surface area contributed by atoms with E-state index in [1.807, 2.05) is 0 Å². The van der Waals surface area contributed by atoms with Gasteiger partial charge in [0.25, 0.3) is 5.91 Å². The monoisotopic (exact) mass is 210 g/mol. The first-order valence-electron chi connectivity index (χ1n) is 5.65. The Morgan fingerprint density at radius 2 is 2.27 bits per heavy atom. The van der Waals surface area contributed by atoms with Crippen LogP contribution < -0.4 is 11.3 Å². The van der Waals surface area contributed by atoms with Gasteiger partial charge < -0.3 is 4.74 Å². The summed E-state index contributed by atoms with van der Waals surface area (Å²) >= 11 is 0. The summed E-state index contributed by atoms with van der Waals surface area (Å²) in [6.07, 6.45) is 3.17. The van der Waals surface area contributed by atoms with E-state index in [0.29, 0.717) is 12.5 Å². The van der Waals surface area contributed by atoms with Crippen LogP contribution in [0.1, 0.15) is 33.1 Å². The highest BCUT2D eigenvalue weighted by Gasteiger charge is 2.78. The molecule has 0 radical (unpaired) electrons. The van der Waals surface area contributed by atoms with Crippen molar-refractivity contribution in [1.29, 1.82) is 0 Å². The van der Waals surface area contributed by atoms with Crippen molar-refractivity contribution in [2.45, 2.75) is 38.7 Å². The van der Waals surface area contributed by atoms with Gasteiger partial charge >= 0.3 is 0 Å². The summed E-state index contributed by atoms with van der Waals surface area (Å²) in [6.45, 7) is 5.17. The molecule has 4 bridgehead atoms. The minimum atomic E-state index is -0.639. The topological polar surface area (TPSA) is 64.4 Å². The molecule has 3 rings (SSSR count). The van der Waals surface area contributed by atoms with Crippen molar-refractivity contribution >= 4 is 5.91 Å². The molecule has 1 aliphatic heterocycles. The van der Waals surface area contributed by atoms with Gasteiger partial charge in [-0.05, 0) is 25.2 Å². The predicted molar refractivity (Wildman–Crippen MR) is 54.6 cm³/mol. The number of nitrogens with one attached hydrogen (secondary N) is 1. The zero-order valence-corrected chi connectivity index (χ0v) is 9.30. The molecule has 1 saturated heterocycles. The SMILES string of the molecule is C[C@]12CC[C@@H]3C[C@@]1(C(=O)NN)OC[C@@]32C.